The first-order valence-electron chi connectivity index (χ1n) is 6.69. The summed E-state index contributed by atoms with van der Waals surface area (Å²) in [7, 11) is 0. The van der Waals surface area contributed by atoms with Crippen LogP contribution in [0.15, 0.2) is 29.2 Å². The molecule has 1 fully saturated rings. The van der Waals surface area contributed by atoms with Gasteiger partial charge in [0.2, 0.25) is 0 Å². The third-order valence-corrected chi connectivity index (χ3v) is 4.52. The highest BCUT2D eigenvalue weighted by Gasteiger charge is 2.17. The van der Waals surface area contributed by atoms with E-state index in [1.807, 2.05) is 0 Å². The number of thioether (sulfide) groups is 1. The summed E-state index contributed by atoms with van der Waals surface area (Å²) in [6.07, 6.45) is 2.93. The molecule has 100 valence electrons. The van der Waals surface area contributed by atoms with Crippen LogP contribution in [-0.2, 0) is 4.74 Å². The van der Waals surface area contributed by atoms with Gasteiger partial charge in [0.05, 0.1) is 6.10 Å². The number of rotatable bonds is 5. The normalized spacial score (nSPS) is 18.8. The average Bonchev–Trinajstić information content (AvgIpc) is 2.38. The maximum Gasteiger partial charge on any atom is 0.0636 e. The van der Waals surface area contributed by atoms with Crippen LogP contribution in [0.1, 0.15) is 24.8 Å². The van der Waals surface area contributed by atoms with Gasteiger partial charge in [0.25, 0.3) is 0 Å². The molecule has 3 heteroatoms. The van der Waals surface area contributed by atoms with Crippen LogP contribution < -0.4 is 0 Å². The highest BCUT2D eigenvalue weighted by atomic mass is 32.2. The van der Waals surface area contributed by atoms with Gasteiger partial charge >= 0.3 is 0 Å². The van der Waals surface area contributed by atoms with Crippen LogP contribution in [0.5, 0.6) is 0 Å². The Labute approximate surface area is 114 Å². The number of ether oxygens (including phenoxy) is 1. The molecule has 1 saturated heterocycles. The molecular weight excluding hydrogens is 244 g/mol. The Morgan fingerprint density at radius 2 is 2.17 bits per heavy atom. The standard InChI is InChI=1S/C15H22O2S/c1-12-3-2-4-15(9-12)18-11-14(16)10-13-5-7-17-8-6-13/h2-4,9,13-14,16H,5-8,10-11H2,1H3. The van der Waals surface area contributed by atoms with Crippen LogP contribution in [0.4, 0.5) is 0 Å². The molecule has 0 bridgehead atoms. The largest absolute Gasteiger partial charge is 0.392 e. The first-order chi connectivity index (χ1) is 8.74. The van der Waals surface area contributed by atoms with Gasteiger partial charge in [-0.05, 0) is 44.2 Å². The third-order valence-electron chi connectivity index (χ3n) is 3.38. The molecule has 1 unspecified atom stereocenters. The summed E-state index contributed by atoms with van der Waals surface area (Å²) < 4.78 is 5.34. The second kappa shape index (κ2) is 7.17. The fourth-order valence-corrected chi connectivity index (χ4v) is 3.30. The van der Waals surface area contributed by atoms with Gasteiger partial charge in [-0.1, -0.05) is 17.7 Å². The van der Waals surface area contributed by atoms with Gasteiger partial charge in [-0.2, -0.15) is 0 Å². The molecular formula is C15H22O2S. The summed E-state index contributed by atoms with van der Waals surface area (Å²) in [4.78, 5) is 1.25. The summed E-state index contributed by atoms with van der Waals surface area (Å²) in [6, 6.07) is 8.45. The molecule has 0 amide bonds. The second-order valence-electron chi connectivity index (χ2n) is 5.07. The van der Waals surface area contributed by atoms with Gasteiger partial charge in [-0.15, -0.1) is 11.8 Å². The van der Waals surface area contributed by atoms with Crippen LogP contribution in [0, 0.1) is 12.8 Å². The van der Waals surface area contributed by atoms with E-state index < -0.39 is 0 Å². The minimum Gasteiger partial charge on any atom is -0.392 e. The molecule has 1 aromatic carbocycles. The third kappa shape index (κ3) is 4.63. The van der Waals surface area contributed by atoms with E-state index in [-0.39, 0.29) is 6.10 Å². The number of benzene rings is 1. The smallest absolute Gasteiger partial charge is 0.0636 e. The zero-order valence-electron chi connectivity index (χ0n) is 11.0. The number of aliphatic hydroxyl groups excluding tert-OH is 1. The first kappa shape index (κ1) is 13.9. The molecule has 0 aromatic heterocycles. The van der Waals surface area contributed by atoms with Gasteiger partial charge < -0.3 is 9.84 Å². The monoisotopic (exact) mass is 266 g/mol. The SMILES string of the molecule is Cc1cccc(SCC(O)CC2CCOCC2)c1. The van der Waals surface area contributed by atoms with Gasteiger partial charge in [0, 0.05) is 23.9 Å². The van der Waals surface area contributed by atoms with Crippen LogP contribution in [0.3, 0.4) is 0 Å². The van der Waals surface area contributed by atoms with Gasteiger partial charge in [0.15, 0.2) is 0 Å². The van der Waals surface area contributed by atoms with E-state index in [2.05, 4.69) is 31.2 Å². The molecule has 2 nitrogen and oxygen atoms in total. The molecule has 1 aliphatic rings. The Morgan fingerprint density at radius 3 is 2.89 bits per heavy atom. The van der Waals surface area contributed by atoms with E-state index in [9.17, 15) is 5.11 Å². The zero-order valence-corrected chi connectivity index (χ0v) is 11.8. The van der Waals surface area contributed by atoms with E-state index in [1.54, 1.807) is 11.8 Å². The van der Waals surface area contributed by atoms with E-state index in [0.717, 1.165) is 38.2 Å². The van der Waals surface area contributed by atoms with E-state index in [0.29, 0.717) is 5.92 Å². The van der Waals surface area contributed by atoms with Gasteiger partial charge in [-0.25, -0.2) is 0 Å². The molecule has 1 N–H and O–H groups in total. The molecule has 0 spiro atoms. The Kier molecular flexibility index (Phi) is 5.54. The van der Waals surface area contributed by atoms with E-state index in [4.69, 9.17) is 4.74 Å². The summed E-state index contributed by atoms with van der Waals surface area (Å²) in [5, 5.41) is 10.1. The highest BCUT2D eigenvalue weighted by Crippen LogP contribution is 2.24. The predicted octanol–water partition coefficient (Wildman–Crippen LogP) is 3.26. The summed E-state index contributed by atoms with van der Waals surface area (Å²) in [5.74, 6) is 1.44. The lowest BCUT2D eigenvalue weighted by Crippen LogP contribution is -2.22. The Morgan fingerprint density at radius 1 is 1.39 bits per heavy atom. The molecule has 0 aliphatic carbocycles. The zero-order chi connectivity index (χ0) is 12.8. The molecule has 1 aromatic rings. The van der Waals surface area contributed by atoms with Gasteiger partial charge in [0.1, 0.15) is 0 Å². The fraction of sp³-hybridized carbons (Fsp3) is 0.600. The Balaban J connectivity index is 1.72. The van der Waals surface area contributed by atoms with Crippen molar-refractivity contribution < 1.29 is 9.84 Å². The molecule has 2 rings (SSSR count). The maximum atomic E-state index is 10.1. The quantitative estimate of drug-likeness (QED) is 0.830. The highest BCUT2D eigenvalue weighted by molar-refractivity contribution is 7.99. The van der Waals surface area contributed by atoms with Crippen molar-refractivity contribution in [1.82, 2.24) is 0 Å². The summed E-state index contributed by atoms with van der Waals surface area (Å²) >= 11 is 1.75. The van der Waals surface area contributed by atoms with Crippen molar-refractivity contribution in [2.45, 2.75) is 37.2 Å². The Hall–Kier alpha value is -0.510. The van der Waals surface area contributed by atoms with Crippen molar-refractivity contribution in [3.8, 4) is 0 Å². The lowest BCUT2D eigenvalue weighted by Gasteiger charge is -2.24. The Bertz CT molecular complexity index is 361. The summed E-state index contributed by atoms with van der Waals surface area (Å²) in [5.41, 5.74) is 1.28. The van der Waals surface area contributed by atoms with Crippen LogP contribution >= 0.6 is 11.8 Å². The van der Waals surface area contributed by atoms with Crippen molar-refractivity contribution in [2.75, 3.05) is 19.0 Å². The lowest BCUT2D eigenvalue weighted by atomic mass is 9.94. The molecule has 0 radical (unpaired) electrons. The van der Waals surface area contributed by atoms with Crippen LogP contribution in [-0.4, -0.2) is 30.2 Å². The molecule has 1 atom stereocenters. The minimum atomic E-state index is -0.196. The molecule has 1 aliphatic heterocycles. The van der Waals surface area contributed by atoms with Crippen molar-refractivity contribution in [1.29, 1.82) is 0 Å². The minimum absolute atomic E-state index is 0.196. The van der Waals surface area contributed by atoms with Crippen molar-refractivity contribution >= 4 is 11.8 Å². The maximum absolute atomic E-state index is 10.1. The molecule has 0 saturated carbocycles. The fourth-order valence-electron chi connectivity index (χ4n) is 2.33. The number of aryl methyl sites for hydroxylation is 1. The van der Waals surface area contributed by atoms with Crippen LogP contribution in [0.25, 0.3) is 0 Å². The van der Waals surface area contributed by atoms with Crippen molar-refractivity contribution in [2.24, 2.45) is 5.92 Å². The number of hydrogen-bond donors (Lipinski definition) is 1. The lowest BCUT2D eigenvalue weighted by molar-refractivity contribution is 0.0478. The van der Waals surface area contributed by atoms with E-state index >= 15 is 0 Å². The average molecular weight is 266 g/mol. The first-order valence-corrected chi connectivity index (χ1v) is 7.68. The molecule has 1 heterocycles. The van der Waals surface area contributed by atoms with Crippen molar-refractivity contribution in [3.05, 3.63) is 29.8 Å². The predicted molar refractivity (Wildman–Crippen MR) is 76.1 cm³/mol. The topological polar surface area (TPSA) is 29.5 Å². The van der Waals surface area contributed by atoms with E-state index in [1.165, 1.54) is 10.5 Å². The van der Waals surface area contributed by atoms with Crippen LogP contribution in [0.2, 0.25) is 0 Å². The summed E-state index contributed by atoms with van der Waals surface area (Å²) in [6.45, 7) is 3.83. The number of hydrogen-bond acceptors (Lipinski definition) is 3. The number of aliphatic hydroxyl groups is 1. The molecule has 18 heavy (non-hydrogen) atoms. The second-order valence-corrected chi connectivity index (χ2v) is 6.17. The van der Waals surface area contributed by atoms with Gasteiger partial charge in [-0.3, -0.25) is 0 Å². The van der Waals surface area contributed by atoms with Crippen molar-refractivity contribution in [3.63, 3.8) is 0 Å².